The predicted octanol–water partition coefficient (Wildman–Crippen LogP) is 2.70. The first-order chi connectivity index (χ1) is 9.62. The molecule has 0 spiro atoms. The Morgan fingerprint density at radius 1 is 1.10 bits per heavy atom. The minimum absolute atomic E-state index is 0.0175. The van der Waals surface area contributed by atoms with Crippen molar-refractivity contribution in [3.05, 3.63) is 52.8 Å². The Kier molecular flexibility index (Phi) is 3.93. The van der Waals surface area contributed by atoms with Gasteiger partial charge in [-0.25, -0.2) is 9.97 Å². The lowest BCUT2D eigenvalue weighted by molar-refractivity contribution is 0.855. The van der Waals surface area contributed by atoms with Gasteiger partial charge in [-0.05, 0) is 37.6 Å². The lowest BCUT2D eigenvalue weighted by atomic mass is 10.1. The summed E-state index contributed by atoms with van der Waals surface area (Å²) in [5.41, 5.74) is 2.73. The number of anilines is 1. The first kappa shape index (κ1) is 13.5. The second-order valence-electron chi connectivity index (χ2n) is 4.43. The standard InChI is InChI=1S/C15H13N5/c1-10-7-14(9-17)20-15(18-10)19-11(2)13-5-3-12(8-16)4-6-13/h3-7,11H,1-2H3,(H,18,19,20). The Hall–Kier alpha value is -2.92. The van der Waals surface area contributed by atoms with Crippen LogP contribution in [0.15, 0.2) is 30.3 Å². The molecule has 98 valence electrons. The molecule has 0 radical (unpaired) electrons. The number of nitrogens with zero attached hydrogens (tertiary/aromatic N) is 4. The molecular formula is C15H13N5. The van der Waals surface area contributed by atoms with Gasteiger partial charge in [-0.15, -0.1) is 0 Å². The number of aromatic nitrogens is 2. The summed E-state index contributed by atoms with van der Waals surface area (Å²) in [6, 6.07) is 13.0. The maximum Gasteiger partial charge on any atom is 0.224 e. The van der Waals surface area contributed by atoms with Gasteiger partial charge in [0, 0.05) is 5.69 Å². The van der Waals surface area contributed by atoms with Crippen LogP contribution in [-0.4, -0.2) is 9.97 Å². The van der Waals surface area contributed by atoms with Crippen molar-refractivity contribution in [2.45, 2.75) is 19.9 Å². The number of nitrogens with one attached hydrogen (secondary N) is 1. The second-order valence-corrected chi connectivity index (χ2v) is 4.43. The Morgan fingerprint density at radius 3 is 2.40 bits per heavy atom. The summed E-state index contributed by atoms with van der Waals surface area (Å²) in [6.45, 7) is 3.79. The van der Waals surface area contributed by atoms with Crippen molar-refractivity contribution in [2.75, 3.05) is 5.32 Å². The van der Waals surface area contributed by atoms with Crippen molar-refractivity contribution in [3.8, 4) is 12.1 Å². The van der Waals surface area contributed by atoms with Crippen LogP contribution in [0.4, 0.5) is 5.95 Å². The minimum Gasteiger partial charge on any atom is -0.348 e. The molecule has 0 saturated heterocycles. The van der Waals surface area contributed by atoms with E-state index in [2.05, 4.69) is 21.4 Å². The zero-order valence-electron chi connectivity index (χ0n) is 11.3. The van der Waals surface area contributed by atoms with Crippen molar-refractivity contribution in [2.24, 2.45) is 0 Å². The highest BCUT2D eigenvalue weighted by Gasteiger charge is 2.08. The Balaban J connectivity index is 2.19. The quantitative estimate of drug-likeness (QED) is 0.920. The molecule has 5 nitrogen and oxygen atoms in total. The number of hydrogen-bond donors (Lipinski definition) is 1. The third-order valence-electron chi connectivity index (χ3n) is 2.85. The molecule has 0 aliphatic carbocycles. The first-order valence-electron chi connectivity index (χ1n) is 6.15. The molecule has 5 heteroatoms. The first-order valence-corrected chi connectivity index (χ1v) is 6.15. The van der Waals surface area contributed by atoms with Crippen LogP contribution >= 0.6 is 0 Å². The van der Waals surface area contributed by atoms with Crippen molar-refractivity contribution in [1.82, 2.24) is 9.97 Å². The van der Waals surface area contributed by atoms with Crippen LogP contribution in [0.25, 0.3) is 0 Å². The van der Waals surface area contributed by atoms with Gasteiger partial charge in [0.2, 0.25) is 5.95 Å². The van der Waals surface area contributed by atoms with Gasteiger partial charge in [0.1, 0.15) is 11.8 Å². The summed E-state index contributed by atoms with van der Waals surface area (Å²) < 4.78 is 0. The molecule has 2 rings (SSSR count). The van der Waals surface area contributed by atoms with Gasteiger partial charge in [-0.2, -0.15) is 10.5 Å². The van der Waals surface area contributed by atoms with Crippen LogP contribution < -0.4 is 5.32 Å². The summed E-state index contributed by atoms with van der Waals surface area (Å²) >= 11 is 0. The number of hydrogen-bond acceptors (Lipinski definition) is 5. The van der Waals surface area contributed by atoms with E-state index in [1.54, 1.807) is 18.2 Å². The van der Waals surface area contributed by atoms with E-state index in [1.807, 2.05) is 32.0 Å². The lowest BCUT2D eigenvalue weighted by Gasteiger charge is -2.14. The van der Waals surface area contributed by atoms with E-state index in [0.29, 0.717) is 17.2 Å². The Morgan fingerprint density at radius 2 is 1.80 bits per heavy atom. The van der Waals surface area contributed by atoms with Crippen molar-refractivity contribution < 1.29 is 0 Å². The van der Waals surface area contributed by atoms with E-state index >= 15 is 0 Å². The lowest BCUT2D eigenvalue weighted by Crippen LogP contribution is -2.10. The van der Waals surface area contributed by atoms with Crippen LogP contribution in [0, 0.1) is 29.6 Å². The molecule has 1 aromatic heterocycles. The van der Waals surface area contributed by atoms with Gasteiger partial charge in [-0.3, -0.25) is 0 Å². The highest BCUT2D eigenvalue weighted by atomic mass is 15.1. The van der Waals surface area contributed by atoms with Gasteiger partial charge < -0.3 is 5.32 Å². The molecular weight excluding hydrogens is 250 g/mol. The molecule has 0 aliphatic rings. The highest BCUT2D eigenvalue weighted by Crippen LogP contribution is 2.17. The fourth-order valence-corrected chi connectivity index (χ4v) is 1.81. The van der Waals surface area contributed by atoms with E-state index in [-0.39, 0.29) is 6.04 Å². The molecule has 1 heterocycles. The third kappa shape index (κ3) is 3.09. The zero-order chi connectivity index (χ0) is 14.5. The third-order valence-corrected chi connectivity index (χ3v) is 2.85. The molecule has 1 unspecified atom stereocenters. The molecule has 0 fully saturated rings. The zero-order valence-corrected chi connectivity index (χ0v) is 11.3. The molecule has 1 atom stereocenters. The summed E-state index contributed by atoms with van der Waals surface area (Å²) in [6.07, 6.45) is 0. The molecule has 2 aromatic rings. The fraction of sp³-hybridized carbons (Fsp3) is 0.200. The normalized spacial score (nSPS) is 11.2. The average molecular weight is 263 g/mol. The summed E-state index contributed by atoms with van der Waals surface area (Å²) in [5, 5.41) is 20.8. The van der Waals surface area contributed by atoms with Crippen molar-refractivity contribution in [3.63, 3.8) is 0 Å². The molecule has 1 aromatic carbocycles. The number of nitriles is 2. The maximum atomic E-state index is 8.90. The molecule has 20 heavy (non-hydrogen) atoms. The summed E-state index contributed by atoms with van der Waals surface area (Å²) in [5.74, 6) is 0.429. The van der Waals surface area contributed by atoms with Gasteiger partial charge in [0.25, 0.3) is 0 Å². The van der Waals surface area contributed by atoms with Crippen molar-refractivity contribution >= 4 is 5.95 Å². The van der Waals surface area contributed by atoms with Crippen LogP contribution in [0.2, 0.25) is 0 Å². The van der Waals surface area contributed by atoms with Gasteiger partial charge >= 0.3 is 0 Å². The van der Waals surface area contributed by atoms with Crippen LogP contribution in [-0.2, 0) is 0 Å². The molecule has 0 amide bonds. The molecule has 0 aliphatic heterocycles. The van der Waals surface area contributed by atoms with E-state index in [0.717, 1.165) is 11.3 Å². The fourth-order valence-electron chi connectivity index (χ4n) is 1.81. The van der Waals surface area contributed by atoms with E-state index in [4.69, 9.17) is 10.5 Å². The number of benzene rings is 1. The highest BCUT2D eigenvalue weighted by molar-refractivity contribution is 5.38. The van der Waals surface area contributed by atoms with Crippen LogP contribution in [0.1, 0.15) is 35.5 Å². The predicted molar refractivity (Wildman–Crippen MR) is 74.7 cm³/mol. The topological polar surface area (TPSA) is 85.4 Å². The van der Waals surface area contributed by atoms with Gasteiger partial charge in [0.15, 0.2) is 0 Å². The Bertz CT molecular complexity index is 692. The summed E-state index contributed by atoms with van der Waals surface area (Å²) in [7, 11) is 0. The van der Waals surface area contributed by atoms with Gasteiger partial charge in [-0.1, -0.05) is 12.1 Å². The number of aryl methyl sites for hydroxylation is 1. The summed E-state index contributed by atoms with van der Waals surface area (Å²) in [4.78, 5) is 8.37. The van der Waals surface area contributed by atoms with Crippen LogP contribution in [0.5, 0.6) is 0 Å². The van der Waals surface area contributed by atoms with Gasteiger partial charge in [0.05, 0.1) is 17.7 Å². The average Bonchev–Trinajstić information content (AvgIpc) is 2.46. The number of rotatable bonds is 3. The van der Waals surface area contributed by atoms with E-state index in [9.17, 15) is 0 Å². The van der Waals surface area contributed by atoms with E-state index in [1.165, 1.54) is 0 Å². The SMILES string of the molecule is Cc1cc(C#N)nc(NC(C)c2ccc(C#N)cc2)n1. The molecule has 0 saturated carbocycles. The second kappa shape index (κ2) is 5.81. The van der Waals surface area contributed by atoms with Crippen molar-refractivity contribution in [1.29, 1.82) is 10.5 Å². The smallest absolute Gasteiger partial charge is 0.224 e. The van der Waals surface area contributed by atoms with Crippen LogP contribution in [0.3, 0.4) is 0 Å². The minimum atomic E-state index is -0.0175. The molecule has 1 N–H and O–H groups in total. The monoisotopic (exact) mass is 263 g/mol. The largest absolute Gasteiger partial charge is 0.348 e. The maximum absolute atomic E-state index is 8.90. The Labute approximate surface area is 117 Å². The molecule has 0 bridgehead atoms. The van der Waals surface area contributed by atoms with E-state index < -0.39 is 0 Å².